The maximum atomic E-state index is 5.14. The van der Waals surface area contributed by atoms with Gasteiger partial charge in [0.1, 0.15) is 0 Å². The molecule has 2 heterocycles. The Bertz CT molecular complexity index is 340. The Morgan fingerprint density at radius 3 is 2.80 bits per heavy atom. The van der Waals surface area contributed by atoms with Crippen LogP contribution >= 0.6 is 0 Å². The number of pyridine rings is 1. The molecule has 3 atom stereocenters. The van der Waals surface area contributed by atoms with Crippen LogP contribution in [0.5, 0.6) is 5.88 Å². The summed E-state index contributed by atoms with van der Waals surface area (Å²) in [4.78, 5) is 4.50. The van der Waals surface area contributed by atoms with Crippen LogP contribution in [-0.4, -0.2) is 24.2 Å². The molecule has 0 saturated carbocycles. The van der Waals surface area contributed by atoms with Gasteiger partial charge in [-0.3, -0.25) is 0 Å². The molecule has 0 radical (unpaired) electrons. The molecule has 3 unspecified atom stereocenters. The molecule has 0 aliphatic carbocycles. The van der Waals surface area contributed by atoms with Crippen LogP contribution in [0.4, 0.5) is 0 Å². The van der Waals surface area contributed by atoms with Gasteiger partial charge in [-0.25, -0.2) is 4.98 Å². The number of hydrogen-bond acceptors (Lipinski definition) is 3. The van der Waals surface area contributed by atoms with Crippen LogP contribution in [0.3, 0.4) is 0 Å². The van der Waals surface area contributed by atoms with Gasteiger partial charge < -0.3 is 10.1 Å². The van der Waals surface area contributed by atoms with E-state index in [4.69, 9.17) is 4.74 Å². The third-order valence-corrected chi connectivity index (χ3v) is 3.09. The Morgan fingerprint density at radius 1 is 1.40 bits per heavy atom. The molecule has 1 aromatic rings. The fraction of sp³-hybridized carbons (Fsp3) is 0.583. The van der Waals surface area contributed by atoms with Crippen LogP contribution in [0.1, 0.15) is 31.9 Å². The molecule has 0 bridgehead atoms. The zero-order valence-electron chi connectivity index (χ0n) is 9.53. The summed E-state index contributed by atoms with van der Waals surface area (Å²) in [5.74, 6) is 1.22. The highest BCUT2D eigenvalue weighted by atomic mass is 16.5. The third kappa shape index (κ3) is 2.12. The standard InChI is InChI=1S/C12H18N2O/c1-8-7-10(9(2)13-8)11-5-4-6-12(14-11)15-3/h4-6,8-10,13H,7H2,1-3H3. The van der Waals surface area contributed by atoms with Crippen LogP contribution in [0.25, 0.3) is 0 Å². The van der Waals surface area contributed by atoms with Gasteiger partial charge in [-0.05, 0) is 26.3 Å². The lowest BCUT2D eigenvalue weighted by Crippen LogP contribution is -2.26. The second-order valence-corrected chi connectivity index (χ2v) is 4.30. The smallest absolute Gasteiger partial charge is 0.213 e. The molecule has 1 N–H and O–H groups in total. The third-order valence-electron chi connectivity index (χ3n) is 3.09. The summed E-state index contributed by atoms with van der Waals surface area (Å²) >= 11 is 0. The van der Waals surface area contributed by atoms with E-state index in [1.165, 1.54) is 0 Å². The van der Waals surface area contributed by atoms with Crippen molar-refractivity contribution >= 4 is 0 Å². The largest absolute Gasteiger partial charge is 0.481 e. The summed E-state index contributed by atoms with van der Waals surface area (Å²) in [5, 5.41) is 3.52. The molecule has 15 heavy (non-hydrogen) atoms. The van der Waals surface area contributed by atoms with E-state index in [1.54, 1.807) is 7.11 Å². The Labute approximate surface area is 90.9 Å². The molecule has 0 amide bonds. The molecule has 3 heteroatoms. The summed E-state index contributed by atoms with van der Waals surface area (Å²) in [6, 6.07) is 7.07. The predicted octanol–water partition coefficient (Wildman–Crippen LogP) is 1.94. The van der Waals surface area contributed by atoms with Crippen molar-refractivity contribution in [1.29, 1.82) is 0 Å². The van der Waals surface area contributed by atoms with Crippen LogP contribution in [0, 0.1) is 0 Å². The van der Waals surface area contributed by atoms with Crippen molar-refractivity contribution in [2.24, 2.45) is 0 Å². The van der Waals surface area contributed by atoms with Crippen LogP contribution in [0.2, 0.25) is 0 Å². The molecule has 82 valence electrons. The lowest BCUT2D eigenvalue weighted by Gasteiger charge is -2.14. The molecule has 1 aliphatic heterocycles. The number of rotatable bonds is 2. The zero-order valence-corrected chi connectivity index (χ0v) is 9.53. The van der Waals surface area contributed by atoms with E-state index in [1.807, 2.05) is 12.1 Å². The minimum absolute atomic E-state index is 0.500. The maximum Gasteiger partial charge on any atom is 0.213 e. The normalized spacial score (nSPS) is 30.5. The molecule has 1 fully saturated rings. The predicted molar refractivity (Wildman–Crippen MR) is 60.2 cm³/mol. The van der Waals surface area contributed by atoms with Crippen molar-refractivity contribution in [3.05, 3.63) is 23.9 Å². The maximum absolute atomic E-state index is 5.14. The first kappa shape index (κ1) is 10.4. The fourth-order valence-corrected chi connectivity index (χ4v) is 2.35. The van der Waals surface area contributed by atoms with E-state index in [9.17, 15) is 0 Å². The van der Waals surface area contributed by atoms with Crippen molar-refractivity contribution in [3.63, 3.8) is 0 Å². The van der Waals surface area contributed by atoms with E-state index in [2.05, 4.69) is 30.2 Å². The highest BCUT2D eigenvalue weighted by Crippen LogP contribution is 2.30. The number of nitrogens with one attached hydrogen (secondary N) is 1. The van der Waals surface area contributed by atoms with Gasteiger partial charge in [0.2, 0.25) is 5.88 Å². The molecular weight excluding hydrogens is 188 g/mol. The Hall–Kier alpha value is -1.09. The minimum atomic E-state index is 0.500. The van der Waals surface area contributed by atoms with E-state index < -0.39 is 0 Å². The number of nitrogens with zero attached hydrogens (tertiary/aromatic N) is 1. The lowest BCUT2D eigenvalue weighted by atomic mass is 9.96. The molecule has 1 saturated heterocycles. The molecule has 1 aromatic heterocycles. The lowest BCUT2D eigenvalue weighted by molar-refractivity contribution is 0.394. The molecule has 0 aromatic carbocycles. The summed E-state index contributed by atoms with van der Waals surface area (Å²) < 4.78 is 5.14. The first-order chi connectivity index (χ1) is 7.20. The summed E-state index contributed by atoms with van der Waals surface area (Å²) in [7, 11) is 1.66. The van der Waals surface area contributed by atoms with E-state index in [-0.39, 0.29) is 0 Å². The first-order valence-electron chi connectivity index (χ1n) is 5.47. The minimum Gasteiger partial charge on any atom is -0.481 e. The fourth-order valence-electron chi connectivity index (χ4n) is 2.35. The van der Waals surface area contributed by atoms with Crippen molar-refractivity contribution in [3.8, 4) is 5.88 Å². The van der Waals surface area contributed by atoms with Crippen LogP contribution in [0.15, 0.2) is 18.2 Å². The molecule has 2 rings (SSSR count). The summed E-state index contributed by atoms with van der Waals surface area (Å²) in [6.07, 6.45) is 1.15. The van der Waals surface area contributed by atoms with E-state index in [0.717, 1.165) is 12.1 Å². The SMILES string of the molecule is COc1cccc(C2CC(C)NC2C)n1. The quantitative estimate of drug-likeness (QED) is 0.803. The monoisotopic (exact) mass is 206 g/mol. The first-order valence-corrected chi connectivity index (χ1v) is 5.47. The number of aromatic nitrogens is 1. The number of ether oxygens (including phenoxy) is 1. The van der Waals surface area contributed by atoms with Crippen LogP contribution in [-0.2, 0) is 0 Å². The highest BCUT2D eigenvalue weighted by molar-refractivity contribution is 5.21. The van der Waals surface area contributed by atoms with Gasteiger partial charge in [0, 0.05) is 29.8 Å². The van der Waals surface area contributed by atoms with Gasteiger partial charge in [-0.1, -0.05) is 6.07 Å². The van der Waals surface area contributed by atoms with Crippen molar-refractivity contribution < 1.29 is 4.74 Å². The highest BCUT2D eigenvalue weighted by Gasteiger charge is 2.30. The summed E-state index contributed by atoms with van der Waals surface area (Å²) in [6.45, 7) is 4.44. The van der Waals surface area contributed by atoms with Gasteiger partial charge in [0.05, 0.1) is 7.11 Å². The molecular formula is C12H18N2O. The molecule has 0 spiro atoms. The topological polar surface area (TPSA) is 34.1 Å². The Morgan fingerprint density at radius 2 is 2.20 bits per heavy atom. The van der Waals surface area contributed by atoms with Crippen molar-refractivity contribution in [1.82, 2.24) is 10.3 Å². The van der Waals surface area contributed by atoms with E-state index >= 15 is 0 Å². The van der Waals surface area contributed by atoms with Gasteiger partial charge >= 0.3 is 0 Å². The van der Waals surface area contributed by atoms with E-state index in [0.29, 0.717) is 23.9 Å². The van der Waals surface area contributed by atoms with Gasteiger partial charge in [-0.2, -0.15) is 0 Å². The van der Waals surface area contributed by atoms with Crippen molar-refractivity contribution in [2.75, 3.05) is 7.11 Å². The van der Waals surface area contributed by atoms with Crippen LogP contribution < -0.4 is 10.1 Å². The number of hydrogen-bond donors (Lipinski definition) is 1. The van der Waals surface area contributed by atoms with Gasteiger partial charge in [0.15, 0.2) is 0 Å². The summed E-state index contributed by atoms with van der Waals surface area (Å²) in [5.41, 5.74) is 1.14. The Balaban J connectivity index is 2.21. The van der Waals surface area contributed by atoms with Gasteiger partial charge in [0.25, 0.3) is 0 Å². The Kier molecular flexibility index (Phi) is 2.91. The average molecular weight is 206 g/mol. The zero-order chi connectivity index (χ0) is 10.8. The van der Waals surface area contributed by atoms with Gasteiger partial charge in [-0.15, -0.1) is 0 Å². The molecule has 3 nitrogen and oxygen atoms in total. The average Bonchev–Trinajstić information content (AvgIpc) is 2.58. The van der Waals surface area contributed by atoms with Crippen molar-refractivity contribution in [2.45, 2.75) is 38.3 Å². The molecule has 1 aliphatic rings. The second-order valence-electron chi connectivity index (χ2n) is 4.30. The second kappa shape index (κ2) is 4.19. The number of methoxy groups -OCH3 is 1.